The first-order chi connectivity index (χ1) is 20.4. The van der Waals surface area contributed by atoms with Gasteiger partial charge in [0.15, 0.2) is 5.82 Å². The Kier molecular flexibility index (Phi) is 6.69. The van der Waals surface area contributed by atoms with Crippen LogP contribution in [0.4, 0.5) is 18.9 Å². The van der Waals surface area contributed by atoms with Crippen LogP contribution in [0.5, 0.6) is 0 Å². The van der Waals surface area contributed by atoms with Crippen LogP contribution in [0.3, 0.4) is 0 Å². The summed E-state index contributed by atoms with van der Waals surface area (Å²) in [5.74, 6) is -2.14. The summed E-state index contributed by atoms with van der Waals surface area (Å²) in [4.78, 5) is 20.1. The number of rotatable bonds is 6. The highest BCUT2D eigenvalue weighted by molar-refractivity contribution is 7.92. The van der Waals surface area contributed by atoms with Gasteiger partial charge in [-0.3, -0.25) is 9.10 Å². The molecule has 0 fully saturated rings. The number of nitrogens with one attached hydrogen (secondary N) is 2. The van der Waals surface area contributed by atoms with Crippen LogP contribution in [0.15, 0.2) is 75.7 Å². The molecule has 0 atom stereocenters. The number of anilines is 1. The predicted octanol–water partition coefficient (Wildman–Crippen LogP) is 5.56. The molecule has 0 saturated carbocycles. The van der Waals surface area contributed by atoms with Gasteiger partial charge in [-0.1, -0.05) is 0 Å². The Morgan fingerprint density at radius 1 is 0.884 bits per heavy atom. The van der Waals surface area contributed by atoms with Crippen LogP contribution in [0.25, 0.3) is 56.1 Å². The number of aromatic amines is 1. The van der Waals surface area contributed by atoms with Gasteiger partial charge < -0.3 is 14.2 Å². The topological polar surface area (TPSA) is 120 Å². The molecule has 6 rings (SSSR count). The van der Waals surface area contributed by atoms with Crippen molar-refractivity contribution in [3.8, 4) is 33.9 Å². The van der Waals surface area contributed by atoms with E-state index in [1.165, 1.54) is 68.7 Å². The summed E-state index contributed by atoms with van der Waals surface area (Å²) in [6, 6.07) is 13.3. The van der Waals surface area contributed by atoms with Gasteiger partial charge >= 0.3 is 11.5 Å². The smallest absolute Gasteiger partial charge is 0.368 e. The Balaban J connectivity index is 1.62. The maximum atomic E-state index is 15.1. The predicted molar refractivity (Wildman–Crippen MR) is 153 cm³/mol. The summed E-state index contributed by atoms with van der Waals surface area (Å²) >= 11 is 0. The molecular formula is C30H22F3N4O5S+. The molecule has 0 unspecified atom stereocenters. The number of fused-ring (bicyclic) bond motifs is 2. The average Bonchev–Trinajstić information content (AvgIpc) is 3.56. The Morgan fingerprint density at radius 2 is 1.60 bits per heavy atom. The molecule has 0 aliphatic carbocycles. The van der Waals surface area contributed by atoms with Gasteiger partial charge in [0.2, 0.25) is 15.6 Å². The monoisotopic (exact) mass is 607 g/mol. The average molecular weight is 608 g/mol. The largest absolute Gasteiger partial charge is 0.455 e. The van der Waals surface area contributed by atoms with Crippen molar-refractivity contribution in [1.29, 1.82) is 0 Å². The van der Waals surface area contributed by atoms with Crippen LogP contribution >= 0.6 is 0 Å². The SMILES string of the molecule is CNC(=O)c1c(-c2ccc(F)cc2)oc2cc(N(C)S(C)(=O)=O)c(-c3cc(F)cc(-c4nc5[nH+]cc(F)cc5o4)c3)cc12. The summed E-state index contributed by atoms with van der Waals surface area (Å²) in [5, 5.41) is 2.87. The fraction of sp³-hybridized carbons (Fsp3) is 0.100. The number of benzene rings is 3. The minimum Gasteiger partial charge on any atom is -0.455 e. The highest BCUT2D eigenvalue weighted by Gasteiger charge is 2.27. The van der Waals surface area contributed by atoms with Crippen LogP contribution in [0.2, 0.25) is 0 Å². The van der Waals surface area contributed by atoms with E-state index >= 15 is 4.39 Å². The fourth-order valence-corrected chi connectivity index (χ4v) is 5.30. The number of H-pyrrole nitrogens is 1. The second-order valence-corrected chi connectivity index (χ2v) is 11.8. The lowest BCUT2D eigenvalue weighted by atomic mass is 9.97. The summed E-state index contributed by atoms with van der Waals surface area (Å²) in [5.41, 5.74) is 1.84. The van der Waals surface area contributed by atoms with Gasteiger partial charge in [-0.2, -0.15) is 0 Å². The van der Waals surface area contributed by atoms with Crippen LogP contribution in [0.1, 0.15) is 10.4 Å². The van der Waals surface area contributed by atoms with Crippen molar-refractivity contribution >= 4 is 43.8 Å². The number of pyridine rings is 1. The summed E-state index contributed by atoms with van der Waals surface area (Å²) < 4.78 is 80.6. The summed E-state index contributed by atoms with van der Waals surface area (Å²) in [7, 11) is -1.06. The number of oxazole rings is 1. The highest BCUT2D eigenvalue weighted by Crippen LogP contribution is 2.42. The number of sulfonamides is 1. The van der Waals surface area contributed by atoms with E-state index in [4.69, 9.17) is 8.83 Å². The normalized spacial score (nSPS) is 11.8. The molecule has 2 N–H and O–H groups in total. The third-order valence-electron chi connectivity index (χ3n) is 6.93. The molecule has 3 heterocycles. The summed E-state index contributed by atoms with van der Waals surface area (Å²) in [6.45, 7) is 0. The molecular weight excluding hydrogens is 585 g/mol. The Morgan fingerprint density at radius 3 is 2.30 bits per heavy atom. The molecule has 13 heteroatoms. The zero-order chi connectivity index (χ0) is 30.6. The molecule has 3 aromatic carbocycles. The van der Waals surface area contributed by atoms with Crippen LogP contribution in [-0.2, 0) is 10.0 Å². The van der Waals surface area contributed by atoms with Crippen LogP contribution in [0, 0.1) is 17.5 Å². The van der Waals surface area contributed by atoms with Crippen molar-refractivity contribution in [2.75, 3.05) is 24.7 Å². The van der Waals surface area contributed by atoms with Crippen molar-refractivity contribution in [2.45, 2.75) is 0 Å². The molecule has 218 valence electrons. The maximum Gasteiger partial charge on any atom is 0.368 e. The van der Waals surface area contributed by atoms with Crippen molar-refractivity contribution in [3.63, 3.8) is 0 Å². The Hall–Kier alpha value is -5.17. The van der Waals surface area contributed by atoms with E-state index in [0.29, 0.717) is 10.9 Å². The van der Waals surface area contributed by atoms with E-state index < -0.39 is 33.4 Å². The lowest BCUT2D eigenvalue weighted by Crippen LogP contribution is -2.25. The van der Waals surface area contributed by atoms with Crippen LogP contribution in [-0.4, -0.2) is 39.7 Å². The zero-order valence-electron chi connectivity index (χ0n) is 22.8. The van der Waals surface area contributed by atoms with E-state index in [9.17, 15) is 22.0 Å². The summed E-state index contributed by atoms with van der Waals surface area (Å²) in [6.07, 6.45) is 2.11. The third kappa shape index (κ3) is 5.07. The standard InChI is InChI=1S/C30H21F3N4O5S/c1-34-29(38)26-22-12-21(16-8-17(10-19(32)9-16)30-36-28-25(42-30)11-20(33)14-35-28)23(37(2)43(3,39)40)13-24(22)41-27(26)15-4-6-18(31)7-5-15/h4-14H,1-3H3,(H,34,38)/p+1. The second-order valence-electron chi connectivity index (χ2n) is 9.77. The molecule has 0 saturated heterocycles. The van der Waals surface area contributed by atoms with Gasteiger partial charge in [-0.15, -0.1) is 0 Å². The molecule has 0 radical (unpaired) electrons. The fourth-order valence-electron chi connectivity index (χ4n) is 4.79. The van der Waals surface area contributed by atoms with E-state index in [2.05, 4.69) is 15.3 Å². The number of nitrogens with zero attached hydrogens (tertiary/aromatic N) is 2. The molecule has 0 bridgehead atoms. The van der Waals surface area contributed by atoms with E-state index in [-0.39, 0.29) is 56.4 Å². The van der Waals surface area contributed by atoms with Crippen molar-refractivity contribution in [2.24, 2.45) is 0 Å². The number of aromatic nitrogens is 2. The van der Waals surface area contributed by atoms with Gasteiger partial charge in [0.25, 0.3) is 5.91 Å². The first-order valence-electron chi connectivity index (χ1n) is 12.7. The number of halogens is 3. The van der Waals surface area contributed by atoms with Crippen molar-refractivity contribution in [3.05, 3.63) is 89.9 Å². The molecule has 0 aliphatic rings. The van der Waals surface area contributed by atoms with Gasteiger partial charge in [0, 0.05) is 47.7 Å². The minimum atomic E-state index is -3.82. The molecule has 0 spiro atoms. The van der Waals surface area contributed by atoms with E-state index in [1.54, 1.807) is 0 Å². The molecule has 9 nitrogen and oxygen atoms in total. The lowest BCUT2D eigenvalue weighted by molar-refractivity contribution is -0.350. The lowest BCUT2D eigenvalue weighted by Gasteiger charge is -2.21. The molecule has 43 heavy (non-hydrogen) atoms. The number of amides is 1. The number of carbonyl (C=O) groups excluding carboxylic acids is 1. The minimum absolute atomic E-state index is 0.00958. The van der Waals surface area contributed by atoms with Crippen molar-refractivity contribution in [1.82, 2.24) is 10.3 Å². The van der Waals surface area contributed by atoms with Gasteiger partial charge in [0.1, 0.15) is 29.2 Å². The highest BCUT2D eigenvalue weighted by atomic mass is 32.2. The third-order valence-corrected chi connectivity index (χ3v) is 8.12. The van der Waals surface area contributed by atoms with Gasteiger partial charge in [-0.05, 0) is 54.1 Å². The number of carbonyl (C=O) groups is 1. The first kappa shape index (κ1) is 28.0. The Bertz CT molecular complexity index is 2180. The zero-order valence-corrected chi connectivity index (χ0v) is 23.6. The van der Waals surface area contributed by atoms with Gasteiger partial charge in [-0.25, -0.2) is 26.6 Å². The number of furan rings is 1. The van der Waals surface area contributed by atoms with Gasteiger partial charge in [0.05, 0.1) is 23.1 Å². The second kappa shape index (κ2) is 10.3. The molecule has 1 amide bonds. The molecule has 6 aromatic rings. The quantitative estimate of drug-likeness (QED) is 0.265. The molecule has 0 aliphatic heterocycles. The molecule has 3 aromatic heterocycles. The number of hydrogen-bond donors (Lipinski definition) is 1. The van der Waals surface area contributed by atoms with Crippen LogP contribution < -0.4 is 14.6 Å². The Labute approximate surface area is 242 Å². The van der Waals surface area contributed by atoms with E-state index in [1.807, 2.05) is 0 Å². The number of hydrogen-bond acceptors (Lipinski definition) is 6. The van der Waals surface area contributed by atoms with Crippen molar-refractivity contribution < 1.29 is 40.2 Å². The van der Waals surface area contributed by atoms with E-state index in [0.717, 1.165) is 22.8 Å². The first-order valence-corrected chi connectivity index (χ1v) is 14.6. The maximum absolute atomic E-state index is 15.1.